The molecule has 3 N–H and O–H groups in total. The van der Waals surface area contributed by atoms with Gasteiger partial charge < -0.3 is 25.0 Å². The average molecular weight is 482 g/mol. The number of aryl methyl sites for hydroxylation is 2. The van der Waals surface area contributed by atoms with Gasteiger partial charge in [-0.2, -0.15) is 0 Å². The lowest BCUT2D eigenvalue weighted by molar-refractivity contribution is -0.143. The second-order valence-electron chi connectivity index (χ2n) is 8.12. The molecule has 0 saturated heterocycles. The standard InChI is InChI=1S/C26H28FN3O5/c1-5-35-23(32)14-21(28-26(34)29-24-22(31)12-16(3)30(4)25(24)33)17-10-11-20(27)19(13-17)18-9-7-6-8-15(18)2/h6-13,21,31H,5,14H2,1-4H3,(H2,28,29,34)/t21-/m0/s1. The van der Waals surface area contributed by atoms with Crippen LogP contribution in [-0.4, -0.2) is 28.3 Å². The van der Waals surface area contributed by atoms with Gasteiger partial charge in [0.05, 0.1) is 19.1 Å². The second-order valence-corrected chi connectivity index (χ2v) is 8.12. The molecule has 0 bridgehead atoms. The number of nitrogens with one attached hydrogen (secondary N) is 2. The maximum absolute atomic E-state index is 14.7. The van der Waals surface area contributed by atoms with Crippen LogP contribution >= 0.6 is 0 Å². The van der Waals surface area contributed by atoms with Crippen LogP contribution in [0.5, 0.6) is 5.75 Å². The number of urea groups is 1. The van der Waals surface area contributed by atoms with E-state index in [2.05, 4.69) is 10.6 Å². The van der Waals surface area contributed by atoms with Gasteiger partial charge in [0.25, 0.3) is 5.56 Å². The normalized spacial score (nSPS) is 11.6. The van der Waals surface area contributed by atoms with Gasteiger partial charge in [0.2, 0.25) is 0 Å². The minimum Gasteiger partial charge on any atom is -0.505 e. The Morgan fingerprint density at radius 2 is 1.83 bits per heavy atom. The number of benzene rings is 2. The molecule has 1 atom stereocenters. The molecule has 1 aromatic heterocycles. The summed E-state index contributed by atoms with van der Waals surface area (Å²) >= 11 is 0. The summed E-state index contributed by atoms with van der Waals surface area (Å²) in [5.74, 6) is -1.39. The number of anilines is 1. The molecule has 8 nitrogen and oxygen atoms in total. The van der Waals surface area contributed by atoms with Gasteiger partial charge in [-0.25, -0.2) is 9.18 Å². The lowest BCUT2D eigenvalue weighted by Gasteiger charge is -2.20. The maximum atomic E-state index is 14.7. The van der Waals surface area contributed by atoms with E-state index in [0.29, 0.717) is 22.4 Å². The molecule has 2 aromatic carbocycles. The Balaban J connectivity index is 1.95. The first-order chi connectivity index (χ1) is 16.6. The summed E-state index contributed by atoms with van der Waals surface area (Å²) < 4.78 is 21.1. The smallest absolute Gasteiger partial charge is 0.319 e. The van der Waals surface area contributed by atoms with Crippen molar-refractivity contribution in [1.82, 2.24) is 9.88 Å². The van der Waals surface area contributed by atoms with Crippen molar-refractivity contribution < 1.29 is 23.8 Å². The highest BCUT2D eigenvalue weighted by atomic mass is 19.1. The molecule has 0 radical (unpaired) electrons. The zero-order valence-corrected chi connectivity index (χ0v) is 20.0. The van der Waals surface area contributed by atoms with Gasteiger partial charge in [-0.3, -0.25) is 9.59 Å². The Kier molecular flexibility index (Phi) is 7.91. The Morgan fingerprint density at radius 3 is 2.51 bits per heavy atom. The van der Waals surface area contributed by atoms with E-state index < -0.39 is 29.4 Å². The van der Waals surface area contributed by atoms with Crippen LogP contribution in [0, 0.1) is 19.7 Å². The lowest BCUT2D eigenvalue weighted by atomic mass is 9.95. The van der Waals surface area contributed by atoms with E-state index in [1.54, 1.807) is 32.0 Å². The molecule has 2 amide bonds. The van der Waals surface area contributed by atoms with Gasteiger partial charge in [0.15, 0.2) is 5.69 Å². The van der Waals surface area contributed by atoms with Crippen molar-refractivity contribution in [3.05, 3.63) is 81.5 Å². The highest BCUT2D eigenvalue weighted by Gasteiger charge is 2.23. The Morgan fingerprint density at radius 1 is 1.11 bits per heavy atom. The van der Waals surface area contributed by atoms with E-state index in [0.717, 1.165) is 5.56 Å². The highest BCUT2D eigenvalue weighted by Crippen LogP contribution is 2.30. The van der Waals surface area contributed by atoms with Gasteiger partial charge in [-0.15, -0.1) is 0 Å². The first-order valence-electron chi connectivity index (χ1n) is 11.1. The van der Waals surface area contributed by atoms with Crippen molar-refractivity contribution in [2.75, 3.05) is 11.9 Å². The molecule has 1 heterocycles. The van der Waals surface area contributed by atoms with E-state index in [4.69, 9.17) is 4.74 Å². The van der Waals surface area contributed by atoms with Crippen molar-refractivity contribution in [2.24, 2.45) is 7.05 Å². The number of aromatic hydroxyl groups is 1. The van der Waals surface area contributed by atoms with Gasteiger partial charge in [0, 0.05) is 24.4 Å². The van der Waals surface area contributed by atoms with E-state index >= 15 is 0 Å². The molecular weight excluding hydrogens is 453 g/mol. The minimum atomic E-state index is -0.895. The fourth-order valence-electron chi connectivity index (χ4n) is 3.71. The Bertz CT molecular complexity index is 1320. The zero-order valence-electron chi connectivity index (χ0n) is 20.0. The molecule has 9 heteroatoms. The number of hydrogen-bond donors (Lipinski definition) is 3. The second kappa shape index (κ2) is 10.9. The third kappa shape index (κ3) is 5.87. The molecule has 0 aliphatic heterocycles. The number of aromatic nitrogens is 1. The maximum Gasteiger partial charge on any atom is 0.319 e. The molecule has 0 spiro atoms. The predicted molar refractivity (Wildman–Crippen MR) is 131 cm³/mol. The van der Waals surface area contributed by atoms with E-state index in [1.165, 1.54) is 29.8 Å². The van der Waals surface area contributed by atoms with Crippen molar-refractivity contribution >= 4 is 17.7 Å². The number of carbonyl (C=O) groups is 2. The fourth-order valence-corrected chi connectivity index (χ4v) is 3.71. The Labute approximate surface area is 202 Å². The van der Waals surface area contributed by atoms with Gasteiger partial charge in [-0.1, -0.05) is 30.3 Å². The van der Waals surface area contributed by atoms with Crippen LogP contribution in [0.1, 0.15) is 36.2 Å². The topological polar surface area (TPSA) is 110 Å². The number of amides is 2. The largest absolute Gasteiger partial charge is 0.505 e. The van der Waals surface area contributed by atoms with Crippen molar-refractivity contribution in [2.45, 2.75) is 33.2 Å². The van der Waals surface area contributed by atoms with Crippen LogP contribution in [0.25, 0.3) is 11.1 Å². The van der Waals surface area contributed by atoms with Crippen molar-refractivity contribution in [3.8, 4) is 16.9 Å². The molecule has 0 saturated carbocycles. The zero-order chi connectivity index (χ0) is 25.7. The lowest BCUT2D eigenvalue weighted by Crippen LogP contribution is -2.36. The number of rotatable bonds is 7. The van der Waals surface area contributed by atoms with Crippen LogP contribution in [0.4, 0.5) is 14.9 Å². The summed E-state index contributed by atoms with van der Waals surface area (Å²) in [4.78, 5) is 37.6. The monoisotopic (exact) mass is 481 g/mol. The van der Waals surface area contributed by atoms with E-state index in [-0.39, 0.29) is 24.5 Å². The average Bonchev–Trinajstić information content (AvgIpc) is 2.81. The number of carbonyl (C=O) groups excluding carboxylic acids is 2. The SMILES string of the molecule is CCOC(=O)C[C@H](NC(=O)Nc1c(O)cc(C)n(C)c1=O)c1ccc(F)c(-c2ccccc2C)c1. The van der Waals surface area contributed by atoms with Crippen LogP contribution in [-0.2, 0) is 16.6 Å². The number of hydrogen-bond acceptors (Lipinski definition) is 5. The van der Waals surface area contributed by atoms with E-state index in [1.807, 2.05) is 19.1 Å². The first-order valence-corrected chi connectivity index (χ1v) is 11.1. The van der Waals surface area contributed by atoms with Crippen LogP contribution < -0.4 is 16.2 Å². The first kappa shape index (κ1) is 25.5. The van der Waals surface area contributed by atoms with Crippen molar-refractivity contribution in [3.63, 3.8) is 0 Å². The summed E-state index contributed by atoms with van der Waals surface area (Å²) in [6.07, 6.45) is -0.224. The summed E-state index contributed by atoms with van der Waals surface area (Å²) in [6, 6.07) is 11.2. The highest BCUT2D eigenvalue weighted by molar-refractivity contribution is 5.91. The molecule has 3 aromatic rings. The van der Waals surface area contributed by atoms with Crippen LogP contribution in [0.15, 0.2) is 53.3 Å². The minimum absolute atomic E-state index is 0.156. The number of halogens is 1. The van der Waals surface area contributed by atoms with Gasteiger partial charge in [-0.05, 0) is 49.6 Å². The molecule has 184 valence electrons. The molecule has 0 fully saturated rings. The fraction of sp³-hybridized carbons (Fsp3) is 0.269. The molecule has 3 rings (SSSR count). The molecular formula is C26H28FN3O5. The van der Waals surface area contributed by atoms with Gasteiger partial charge in [0.1, 0.15) is 11.6 Å². The number of esters is 1. The molecule has 0 unspecified atom stereocenters. The number of ether oxygens (including phenoxy) is 1. The third-order valence-electron chi connectivity index (χ3n) is 5.70. The summed E-state index contributed by atoms with van der Waals surface area (Å²) in [6.45, 7) is 5.32. The van der Waals surface area contributed by atoms with E-state index in [9.17, 15) is 23.9 Å². The van der Waals surface area contributed by atoms with Crippen LogP contribution in [0.2, 0.25) is 0 Å². The summed E-state index contributed by atoms with van der Waals surface area (Å²) in [7, 11) is 1.51. The van der Waals surface area contributed by atoms with Crippen LogP contribution in [0.3, 0.4) is 0 Å². The molecule has 35 heavy (non-hydrogen) atoms. The van der Waals surface area contributed by atoms with Crippen molar-refractivity contribution in [1.29, 1.82) is 0 Å². The molecule has 0 aliphatic carbocycles. The predicted octanol–water partition coefficient (Wildman–Crippen LogP) is 4.33. The number of nitrogens with zero attached hydrogens (tertiary/aromatic N) is 1. The summed E-state index contributed by atoms with van der Waals surface area (Å²) in [5.41, 5.74) is 1.94. The number of pyridine rings is 1. The third-order valence-corrected chi connectivity index (χ3v) is 5.70. The summed E-state index contributed by atoms with van der Waals surface area (Å²) in [5, 5.41) is 15.2. The molecule has 0 aliphatic rings. The quantitative estimate of drug-likeness (QED) is 0.435. The van der Waals surface area contributed by atoms with Gasteiger partial charge >= 0.3 is 12.0 Å². The Hall–Kier alpha value is -4.14.